The van der Waals surface area contributed by atoms with Crippen LogP contribution in [-0.2, 0) is 4.79 Å². The van der Waals surface area contributed by atoms with Crippen LogP contribution in [0.15, 0.2) is 0 Å². The molecule has 94 valence electrons. The summed E-state index contributed by atoms with van der Waals surface area (Å²) in [7, 11) is 0. The van der Waals surface area contributed by atoms with Crippen molar-refractivity contribution in [3.8, 4) is 0 Å². The minimum absolute atomic E-state index is 0.0365. The Bertz CT molecular complexity index is 242. The minimum Gasteiger partial charge on any atom is -0.323 e. The molecule has 3 heteroatoms. The van der Waals surface area contributed by atoms with Crippen molar-refractivity contribution in [3.05, 3.63) is 0 Å². The molecule has 1 rings (SSSR count). The van der Waals surface area contributed by atoms with Crippen molar-refractivity contribution < 1.29 is 4.79 Å². The molecule has 0 bridgehead atoms. The Hall–Kier alpha value is -0.570. The molecule has 1 aliphatic rings. The summed E-state index contributed by atoms with van der Waals surface area (Å²) in [5.41, 5.74) is 0. The van der Waals surface area contributed by atoms with Gasteiger partial charge in [0.1, 0.15) is 0 Å². The molecule has 1 aliphatic heterocycles. The van der Waals surface area contributed by atoms with Crippen LogP contribution in [0.2, 0.25) is 0 Å². The Labute approximate surface area is 99.6 Å². The number of carbonyl (C=O) groups is 1. The number of hydrogen-bond donors (Lipinski definition) is 1. The molecule has 0 radical (unpaired) electrons. The molecule has 1 fully saturated rings. The van der Waals surface area contributed by atoms with Crippen LogP contribution in [0.4, 0.5) is 0 Å². The van der Waals surface area contributed by atoms with Crippen LogP contribution in [0.25, 0.3) is 0 Å². The molecular weight excluding hydrogens is 200 g/mol. The predicted molar refractivity (Wildman–Crippen MR) is 67.1 cm³/mol. The summed E-state index contributed by atoms with van der Waals surface area (Å²) in [5, 5.41) is 3.35. The van der Waals surface area contributed by atoms with Gasteiger partial charge < -0.3 is 4.90 Å². The van der Waals surface area contributed by atoms with Crippen LogP contribution >= 0.6 is 0 Å². The lowest BCUT2D eigenvalue weighted by Crippen LogP contribution is -2.42. The standard InChI is InChI=1S/C13H26N2O/c1-6-9(3)8-10(4)15-11(5)14-12(7-2)13(15)16/h9-12,14H,6-8H2,1-5H3. The van der Waals surface area contributed by atoms with E-state index in [0.29, 0.717) is 12.0 Å². The zero-order valence-corrected chi connectivity index (χ0v) is 11.3. The summed E-state index contributed by atoms with van der Waals surface area (Å²) >= 11 is 0. The van der Waals surface area contributed by atoms with Gasteiger partial charge in [-0.25, -0.2) is 0 Å². The smallest absolute Gasteiger partial charge is 0.241 e. The first kappa shape index (κ1) is 13.5. The Balaban J connectivity index is 2.61. The average molecular weight is 226 g/mol. The molecule has 16 heavy (non-hydrogen) atoms. The van der Waals surface area contributed by atoms with Crippen LogP contribution in [0.5, 0.6) is 0 Å². The fraction of sp³-hybridized carbons (Fsp3) is 0.923. The second-order valence-electron chi connectivity index (χ2n) is 5.15. The second-order valence-corrected chi connectivity index (χ2v) is 5.15. The quantitative estimate of drug-likeness (QED) is 0.780. The van der Waals surface area contributed by atoms with E-state index in [1.54, 1.807) is 0 Å². The van der Waals surface area contributed by atoms with Gasteiger partial charge in [-0.3, -0.25) is 10.1 Å². The van der Waals surface area contributed by atoms with Crippen molar-refractivity contribution in [2.24, 2.45) is 5.92 Å². The van der Waals surface area contributed by atoms with Gasteiger partial charge in [0.15, 0.2) is 0 Å². The molecular formula is C13H26N2O. The first-order valence-corrected chi connectivity index (χ1v) is 6.59. The van der Waals surface area contributed by atoms with Gasteiger partial charge in [-0.1, -0.05) is 27.2 Å². The molecule has 1 N–H and O–H groups in total. The van der Waals surface area contributed by atoms with Crippen LogP contribution in [-0.4, -0.2) is 29.1 Å². The minimum atomic E-state index is 0.0365. The van der Waals surface area contributed by atoms with Gasteiger partial charge in [-0.2, -0.15) is 0 Å². The summed E-state index contributed by atoms with van der Waals surface area (Å²) < 4.78 is 0. The van der Waals surface area contributed by atoms with Crippen molar-refractivity contribution in [2.45, 2.75) is 72.1 Å². The fourth-order valence-corrected chi connectivity index (χ4v) is 2.57. The fourth-order valence-electron chi connectivity index (χ4n) is 2.57. The summed E-state index contributed by atoms with van der Waals surface area (Å²) in [4.78, 5) is 14.1. The Morgan fingerprint density at radius 2 is 2.00 bits per heavy atom. The maximum atomic E-state index is 12.1. The van der Waals surface area contributed by atoms with E-state index in [2.05, 4.69) is 39.9 Å². The van der Waals surface area contributed by atoms with Crippen molar-refractivity contribution in [3.63, 3.8) is 0 Å². The highest BCUT2D eigenvalue weighted by atomic mass is 16.2. The third kappa shape index (κ3) is 2.76. The monoisotopic (exact) mass is 226 g/mol. The van der Waals surface area contributed by atoms with Gasteiger partial charge >= 0.3 is 0 Å². The normalized spacial score (nSPS) is 29.6. The molecule has 0 aromatic heterocycles. The highest BCUT2D eigenvalue weighted by Gasteiger charge is 2.37. The van der Waals surface area contributed by atoms with Crippen molar-refractivity contribution in [1.29, 1.82) is 0 Å². The van der Waals surface area contributed by atoms with Gasteiger partial charge in [0, 0.05) is 6.04 Å². The van der Waals surface area contributed by atoms with E-state index in [9.17, 15) is 4.79 Å². The number of rotatable bonds is 5. The number of carbonyl (C=O) groups excluding carboxylic acids is 1. The van der Waals surface area contributed by atoms with Crippen LogP contribution < -0.4 is 5.32 Å². The highest BCUT2D eigenvalue weighted by Crippen LogP contribution is 2.21. The second kappa shape index (κ2) is 5.67. The molecule has 4 atom stereocenters. The molecule has 0 aromatic carbocycles. The maximum absolute atomic E-state index is 12.1. The molecule has 1 saturated heterocycles. The van der Waals surface area contributed by atoms with Gasteiger partial charge in [0.2, 0.25) is 5.91 Å². The lowest BCUT2D eigenvalue weighted by Gasteiger charge is -2.30. The van der Waals surface area contributed by atoms with E-state index >= 15 is 0 Å². The van der Waals surface area contributed by atoms with Gasteiger partial charge in [0.05, 0.1) is 12.2 Å². The van der Waals surface area contributed by atoms with Gasteiger partial charge in [0.25, 0.3) is 0 Å². The molecule has 3 nitrogen and oxygen atoms in total. The molecule has 0 spiro atoms. The van der Waals surface area contributed by atoms with E-state index < -0.39 is 0 Å². The number of nitrogens with zero attached hydrogens (tertiary/aromatic N) is 1. The van der Waals surface area contributed by atoms with Crippen molar-refractivity contribution in [2.75, 3.05) is 0 Å². The molecule has 1 heterocycles. The third-order valence-corrected chi connectivity index (χ3v) is 3.74. The van der Waals surface area contributed by atoms with Crippen LogP contribution in [0, 0.1) is 5.92 Å². The first-order valence-electron chi connectivity index (χ1n) is 6.59. The lowest BCUT2D eigenvalue weighted by molar-refractivity contribution is -0.132. The van der Waals surface area contributed by atoms with Crippen molar-refractivity contribution >= 4 is 5.91 Å². The Morgan fingerprint density at radius 1 is 1.38 bits per heavy atom. The predicted octanol–water partition coefficient (Wildman–Crippen LogP) is 2.37. The van der Waals surface area contributed by atoms with Crippen LogP contribution in [0.3, 0.4) is 0 Å². The number of amides is 1. The zero-order chi connectivity index (χ0) is 12.3. The van der Waals surface area contributed by atoms with Crippen molar-refractivity contribution in [1.82, 2.24) is 10.2 Å². The lowest BCUT2D eigenvalue weighted by atomic mass is 9.99. The van der Waals surface area contributed by atoms with Gasteiger partial charge in [-0.15, -0.1) is 0 Å². The molecule has 0 saturated carbocycles. The summed E-state index contributed by atoms with van der Waals surface area (Å²) in [6.07, 6.45) is 3.36. The summed E-state index contributed by atoms with van der Waals surface area (Å²) in [6, 6.07) is 0.385. The topological polar surface area (TPSA) is 32.3 Å². The largest absolute Gasteiger partial charge is 0.323 e. The van der Waals surface area contributed by atoms with E-state index in [4.69, 9.17) is 0 Å². The van der Waals surface area contributed by atoms with E-state index in [0.717, 1.165) is 12.8 Å². The SMILES string of the molecule is CCC(C)CC(C)N1C(=O)C(CC)NC1C. The van der Waals surface area contributed by atoms with Gasteiger partial charge in [-0.05, 0) is 32.6 Å². The zero-order valence-electron chi connectivity index (χ0n) is 11.3. The molecule has 0 aromatic rings. The highest BCUT2D eigenvalue weighted by molar-refractivity contribution is 5.84. The molecule has 4 unspecified atom stereocenters. The summed E-state index contributed by atoms with van der Waals surface area (Å²) in [5.74, 6) is 0.974. The Morgan fingerprint density at radius 3 is 2.44 bits per heavy atom. The Kier molecular flexibility index (Phi) is 4.78. The number of hydrogen-bond acceptors (Lipinski definition) is 2. The van der Waals surface area contributed by atoms with E-state index in [1.807, 2.05) is 4.90 Å². The van der Waals surface area contributed by atoms with E-state index in [-0.39, 0.29) is 18.1 Å². The third-order valence-electron chi connectivity index (χ3n) is 3.74. The van der Waals surface area contributed by atoms with E-state index in [1.165, 1.54) is 6.42 Å². The first-order chi connectivity index (χ1) is 7.51. The number of nitrogens with one attached hydrogen (secondary N) is 1. The summed E-state index contributed by atoms with van der Waals surface area (Å²) in [6.45, 7) is 10.8. The molecule has 0 aliphatic carbocycles. The molecule has 1 amide bonds. The average Bonchev–Trinajstić information content (AvgIpc) is 2.53. The maximum Gasteiger partial charge on any atom is 0.241 e. The van der Waals surface area contributed by atoms with Crippen LogP contribution in [0.1, 0.15) is 53.9 Å².